The van der Waals surface area contributed by atoms with Gasteiger partial charge in [0.25, 0.3) is 0 Å². The Kier molecular flexibility index (Phi) is 8.10. The van der Waals surface area contributed by atoms with Gasteiger partial charge < -0.3 is 14.8 Å². The van der Waals surface area contributed by atoms with Crippen LogP contribution in [-0.4, -0.2) is 12.8 Å². The first kappa shape index (κ1) is 27.5. The number of fused-ring (bicyclic) bond motifs is 3. The minimum Gasteiger partial charge on any atom is -0.490 e. The molecular weight excluding hydrogens is 626 g/mol. The van der Waals surface area contributed by atoms with Crippen molar-refractivity contribution in [2.24, 2.45) is 10.9 Å². The van der Waals surface area contributed by atoms with Crippen LogP contribution >= 0.6 is 22.6 Å². The average Bonchev–Trinajstić information content (AvgIpc) is 3.47. The summed E-state index contributed by atoms with van der Waals surface area (Å²) < 4.78 is 26.9. The molecule has 2 aliphatic rings. The molecule has 6 rings (SSSR count). The van der Waals surface area contributed by atoms with E-state index in [1.807, 2.05) is 25.3 Å². The normalized spacial score (nSPS) is 19.1. The number of halogens is 2. The van der Waals surface area contributed by atoms with Crippen LogP contribution in [0.5, 0.6) is 11.5 Å². The quantitative estimate of drug-likeness (QED) is 0.117. The van der Waals surface area contributed by atoms with Crippen LogP contribution in [0.25, 0.3) is 0 Å². The van der Waals surface area contributed by atoms with E-state index in [4.69, 9.17) is 14.5 Å². The lowest BCUT2D eigenvalue weighted by Gasteiger charge is -2.37. The summed E-state index contributed by atoms with van der Waals surface area (Å²) >= 11 is 2.23. The molecule has 6 heteroatoms. The summed E-state index contributed by atoms with van der Waals surface area (Å²) in [6.45, 7) is 4.71. The van der Waals surface area contributed by atoms with Crippen molar-refractivity contribution in [3.63, 3.8) is 0 Å². The first-order chi connectivity index (χ1) is 20.0. The third kappa shape index (κ3) is 5.89. The number of aryl methyl sites for hydroxylation is 1. The van der Waals surface area contributed by atoms with E-state index in [0.29, 0.717) is 35.5 Å². The Labute approximate surface area is 254 Å². The molecule has 4 nitrogen and oxygen atoms in total. The summed E-state index contributed by atoms with van der Waals surface area (Å²) in [4.78, 5) is 4.75. The molecule has 4 aromatic rings. The molecule has 0 saturated heterocycles. The SMILES string of the molecule is CCOc1cc(C=Nc2ccc([C@@H]3Nc4ccc(C)cc4[C@H]4C=CC[C@H]43)cc2)cc(I)c1OCc1ccccc1F. The molecule has 41 heavy (non-hydrogen) atoms. The maximum absolute atomic E-state index is 14.1. The maximum Gasteiger partial charge on any atom is 0.175 e. The highest BCUT2D eigenvalue weighted by atomic mass is 127. The fourth-order valence-electron chi connectivity index (χ4n) is 5.79. The summed E-state index contributed by atoms with van der Waals surface area (Å²) in [5, 5.41) is 3.82. The van der Waals surface area contributed by atoms with Gasteiger partial charge in [0.15, 0.2) is 11.5 Å². The van der Waals surface area contributed by atoms with Gasteiger partial charge >= 0.3 is 0 Å². The maximum atomic E-state index is 14.1. The smallest absolute Gasteiger partial charge is 0.175 e. The molecule has 208 valence electrons. The molecule has 1 heterocycles. The standard InChI is InChI=1S/C35H32FIN2O2/c1-3-40-33-19-23(18-31(37)35(33)41-21-25-7-4-5-10-30(25)36)20-38-26-14-12-24(13-15-26)34-28-9-6-8-27(28)29-17-22(2)11-16-32(29)39-34/h4-8,10-20,27-28,34,39H,3,9,21H2,1-2H3/t27-,28+,34-/m0/s1. The van der Waals surface area contributed by atoms with Crippen molar-refractivity contribution < 1.29 is 13.9 Å². The second-order valence-electron chi connectivity index (χ2n) is 10.6. The summed E-state index contributed by atoms with van der Waals surface area (Å²) in [6.07, 6.45) is 7.63. The molecule has 4 aromatic carbocycles. The van der Waals surface area contributed by atoms with Gasteiger partial charge in [-0.05, 0) is 102 Å². The Morgan fingerprint density at radius 2 is 1.85 bits per heavy atom. The second-order valence-corrected chi connectivity index (χ2v) is 11.7. The highest BCUT2D eigenvalue weighted by Gasteiger charge is 2.37. The van der Waals surface area contributed by atoms with Crippen molar-refractivity contribution >= 4 is 40.2 Å². The van der Waals surface area contributed by atoms with E-state index in [0.717, 1.165) is 21.2 Å². The van der Waals surface area contributed by atoms with E-state index in [1.165, 1.54) is 28.4 Å². The highest BCUT2D eigenvalue weighted by Crippen LogP contribution is 2.50. The summed E-state index contributed by atoms with van der Waals surface area (Å²) in [7, 11) is 0. The van der Waals surface area contributed by atoms with Gasteiger partial charge in [-0.2, -0.15) is 0 Å². The summed E-state index contributed by atoms with van der Waals surface area (Å²) in [5.41, 5.74) is 7.51. The van der Waals surface area contributed by atoms with E-state index in [-0.39, 0.29) is 18.5 Å². The number of benzene rings is 4. The molecule has 0 unspecified atom stereocenters. The molecule has 0 saturated carbocycles. The number of hydrogen-bond acceptors (Lipinski definition) is 4. The van der Waals surface area contributed by atoms with Crippen LogP contribution in [-0.2, 0) is 6.61 Å². The topological polar surface area (TPSA) is 42.8 Å². The Bertz CT molecular complexity index is 1620. The van der Waals surface area contributed by atoms with Crippen molar-refractivity contribution in [3.8, 4) is 11.5 Å². The van der Waals surface area contributed by atoms with Crippen LogP contribution in [0.3, 0.4) is 0 Å². The van der Waals surface area contributed by atoms with Crippen LogP contribution in [0.4, 0.5) is 15.8 Å². The largest absolute Gasteiger partial charge is 0.490 e. The predicted octanol–water partition coefficient (Wildman–Crippen LogP) is 9.29. The first-order valence-electron chi connectivity index (χ1n) is 14.0. The minimum absolute atomic E-state index is 0.126. The lowest BCUT2D eigenvalue weighted by atomic mass is 9.76. The molecule has 3 atom stereocenters. The first-order valence-corrected chi connectivity index (χ1v) is 15.1. The zero-order chi connectivity index (χ0) is 28.3. The molecule has 0 spiro atoms. The van der Waals surface area contributed by atoms with Crippen molar-refractivity contribution in [3.05, 3.63) is 128 Å². The molecule has 0 radical (unpaired) electrons. The molecule has 1 aliphatic heterocycles. The van der Waals surface area contributed by atoms with Crippen molar-refractivity contribution in [2.45, 2.75) is 38.8 Å². The molecule has 0 amide bonds. The van der Waals surface area contributed by atoms with Gasteiger partial charge in [-0.1, -0.05) is 60.2 Å². The van der Waals surface area contributed by atoms with Gasteiger partial charge in [-0.3, -0.25) is 4.99 Å². The summed E-state index contributed by atoms with van der Waals surface area (Å²) in [5.74, 6) is 1.90. The second kappa shape index (κ2) is 12.1. The zero-order valence-corrected chi connectivity index (χ0v) is 25.3. The Balaban J connectivity index is 1.18. The number of aliphatic imine (C=N–C) groups is 1. The molecule has 1 N–H and O–H groups in total. The zero-order valence-electron chi connectivity index (χ0n) is 23.1. The van der Waals surface area contributed by atoms with Crippen LogP contribution in [0.2, 0.25) is 0 Å². The third-order valence-corrected chi connectivity index (χ3v) is 8.60. The van der Waals surface area contributed by atoms with Gasteiger partial charge in [-0.15, -0.1) is 0 Å². The van der Waals surface area contributed by atoms with Crippen molar-refractivity contribution in [1.82, 2.24) is 0 Å². The molecular formula is C35H32FIN2O2. The van der Waals surface area contributed by atoms with Gasteiger partial charge in [0.1, 0.15) is 12.4 Å². The number of anilines is 1. The Morgan fingerprint density at radius 3 is 2.66 bits per heavy atom. The lowest BCUT2D eigenvalue weighted by Crippen LogP contribution is -2.29. The molecule has 0 bridgehead atoms. The van der Waals surface area contributed by atoms with Gasteiger partial charge in [-0.25, -0.2) is 4.39 Å². The van der Waals surface area contributed by atoms with Crippen molar-refractivity contribution in [1.29, 1.82) is 0 Å². The molecule has 1 aliphatic carbocycles. The number of allylic oxidation sites excluding steroid dienone is 2. The van der Waals surface area contributed by atoms with Crippen LogP contribution in [0.15, 0.2) is 96.0 Å². The minimum atomic E-state index is -0.283. The molecule has 0 fully saturated rings. The monoisotopic (exact) mass is 658 g/mol. The molecule has 0 aromatic heterocycles. The van der Waals surface area contributed by atoms with Crippen molar-refractivity contribution in [2.75, 3.05) is 11.9 Å². The van der Waals surface area contributed by atoms with Crippen LogP contribution in [0, 0.1) is 22.2 Å². The van der Waals surface area contributed by atoms with Gasteiger partial charge in [0.05, 0.1) is 21.9 Å². The van der Waals surface area contributed by atoms with E-state index in [1.54, 1.807) is 18.2 Å². The Morgan fingerprint density at radius 1 is 1.02 bits per heavy atom. The van der Waals surface area contributed by atoms with E-state index < -0.39 is 0 Å². The summed E-state index contributed by atoms with van der Waals surface area (Å²) in [6, 6.07) is 26.1. The Hall–Kier alpha value is -3.65. The van der Waals surface area contributed by atoms with Gasteiger partial charge in [0.2, 0.25) is 0 Å². The number of hydrogen-bond donors (Lipinski definition) is 1. The average molecular weight is 659 g/mol. The van der Waals surface area contributed by atoms with E-state index in [2.05, 4.69) is 89.4 Å². The lowest BCUT2D eigenvalue weighted by molar-refractivity contribution is 0.264. The fourth-order valence-corrected chi connectivity index (χ4v) is 6.57. The van der Waals surface area contributed by atoms with E-state index in [9.17, 15) is 4.39 Å². The van der Waals surface area contributed by atoms with E-state index >= 15 is 0 Å². The van der Waals surface area contributed by atoms with Crippen LogP contribution in [0.1, 0.15) is 53.1 Å². The number of nitrogens with one attached hydrogen (secondary N) is 1. The fraction of sp³-hybridized carbons (Fsp3) is 0.229. The number of nitrogens with zero attached hydrogens (tertiary/aromatic N) is 1. The third-order valence-electron chi connectivity index (χ3n) is 7.79. The predicted molar refractivity (Wildman–Crippen MR) is 172 cm³/mol. The highest BCUT2D eigenvalue weighted by molar-refractivity contribution is 14.1. The number of rotatable bonds is 8. The number of ether oxygens (including phenoxy) is 2. The van der Waals surface area contributed by atoms with Crippen LogP contribution < -0.4 is 14.8 Å². The van der Waals surface area contributed by atoms with Gasteiger partial charge in [0, 0.05) is 23.4 Å².